The van der Waals surface area contributed by atoms with Crippen LogP contribution in [-0.4, -0.2) is 41.6 Å². The van der Waals surface area contributed by atoms with Crippen LogP contribution < -0.4 is 20.7 Å². The third-order valence-corrected chi connectivity index (χ3v) is 7.28. The summed E-state index contributed by atoms with van der Waals surface area (Å²) in [6.07, 6.45) is 1.50. The van der Waals surface area contributed by atoms with Crippen LogP contribution in [-0.2, 0) is 27.4 Å². The van der Waals surface area contributed by atoms with Gasteiger partial charge < -0.3 is 25.4 Å². The second-order valence-electron chi connectivity index (χ2n) is 12.9. The average Bonchev–Trinajstić information content (AvgIpc) is 3.74. The second-order valence-corrected chi connectivity index (χ2v) is 12.9. The molecule has 0 radical (unpaired) electrons. The van der Waals surface area contributed by atoms with Crippen molar-refractivity contribution in [3.05, 3.63) is 102 Å². The Kier molecular flexibility index (Phi) is 11.0. The second kappa shape index (κ2) is 14.9. The molecule has 1 aliphatic carbocycles. The number of carbonyl (C=O) groups is 3. The molecule has 234 valence electrons. The van der Waals surface area contributed by atoms with Gasteiger partial charge in [-0.05, 0) is 68.4 Å². The van der Waals surface area contributed by atoms with E-state index < -0.39 is 35.6 Å². The number of hydrogen-bond donors (Lipinski definition) is 3. The molecular weight excluding hydrogens is 554 g/mol. The molecule has 3 N–H and O–H groups in total. The van der Waals surface area contributed by atoms with Crippen molar-refractivity contribution in [2.45, 2.75) is 90.1 Å². The fourth-order valence-electron chi connectivity index (χ4n) is 5.03. The van der Waals surface area contributed by atoms with E-state index in [1.54, 1.807) is 20.8 Å². The molecule has 1 fully saturated rings. The topological polar surface area (TPSA) is 106 Å². The Morgan fingerprint density at radius 3 is 2.07 bits per heavy atom. The van der Waals surface area contributed by atoms with Crippen molar-refractivity contribution in [2.75, 3.05) is 0 Å². The largest absolute Gasteiger partial charge is 0.489 e. The van der Waals surface area contributed by atoms with Gasteiger partial charge in [-0.25, -0.2) is 9.59 Å². The lowest BCUT2D eigenvalue weighted by atomic mass is 10.0. The van der Waals surface area contributed by atoms with Gasteiger partial charge in [0.1, 0.15) is 30.0 Å². The Morgan fingerprint density at radius 2 is 1.45 bits per heavy atom. The summed E-state index contributed by atoms with van der Waals surface area (Å²) in [6.45, 7) is 9.78. The lowest BCUT2D eigenvalue weighted by Crippen LogP contribution is -2.55. The maximum atomic E-state index is 13.6. The van der Waals surface area contributed by atoms with Crippen molar-refractivity contribution in [3.8, 4) is 5.75 Å². The maximum absolute atomic E-state index is 13.6. The van der Waals surface area contributed by atoms with Gasteiger partial charge in [0.05, 0.1) is 0 Å². The predicted octanol–water partition coefficient (Wildman–Crippen LogP) is 5.90. The molecule has 1 aliphatic rings. The Morgan fingerprint density at radius 1 is 0.818 bits per heavy atom. The van der Waals surface area contributed by atoms with Crippen molar-refractivity contribution in [2.24, 2.45) is 5.92 Å². The molecule has 0 bridgehead atoms. The first-order valence-electron chi connectivity index (χ1n) is 15.4. The molecule has 3 aromatic carbocycles. The zero-order valence-corrected chi connectivity index (χ0v) is 26.3. The van der Waals surface area contributed by atoms with Gasteiger partial charge in [0.2, 0.25) is 5.91 Å². The fourth-order valence-corrected chi connectivity index (χ4v) is 5.03. The minimum absolute atomic E-state index is 0.0225. The molecule has 4 atom stereocenters. The lowest BCUT2D eigenvalue weighted by Gasteiger charge is -2.27. The number of amides is 3. The molecule has 0 aliphatic heterocycles. The zero-order chi connectivity index (χ0) is 31.7. The number of nitrogens with one attached hydrogen (secondary N) is 3. The molecule has 1 saturated carbocycles. The van der Waals surface area contributed by atoms with E-state index in [0.29, 0.717) is 18.8 Å². The zero-order valence-electron chi connectivity index (χ0n) is 26.3. The third-order valence-electron chi connectivity index (χ3n) is 7.28. The van der Waals surface area contributed by atoms with Crippen molar-refractivity contribution < 1.29 is 23.9 Å². The van der Waals surface area contributed by atoms with Crippen LogP contribution in [0.15, 0.2) is 84.9 Å². The van der Waals surface area contributed by atoms with E-state index in [2.05, 4.69) is 28.1 Å². The lowest BCUT2D eigenvalue weighted by molar-refractivity contribution is -0.158. The highest BCUT2D eigenvalue weighted by molar-refractivity contribution is 5.90. The monoisotopic (exact) mass is 599 g/mol. The van der Waals surface area contributed by atoms with Gasteiger partial charge in [-0.3, -0.25) is 4.79 Å². The molecule has 44 heavy (non-hydrogen) atoms. The van der Waals surface area contributed by atoms with Crippen molar-refractivity contribution in [3.63, 3.8) is 0 Å². The first-order valence-corrected chi connectivity index (χ1v) is 15.4. The first-order chi connectivity index (χ1) is 21.0. The molecular formula is C36H45N3O5. The summed E-state index contributed by atoms with van der Waals surface area (Å²) in [7, 11) is 0. The van der Waals surface area contributed by atoms with Gasteiger partial charge in [-0.2, -0.15) is 0 Å². The van der Waals surface area contributed by atoms with Crippen LogP contribution in [0.25, 0.3) is 0 Å². The minimum atomic E-state index is -0.941. The Bertz CT molecular complexity index is 1370. The van der Waals surface area contributed by atoms with E-state index in [-0.39, 0.29) is 24.3 Å². The smallest absolute Gasteiger partial charge is 0.329 e. The van der Waals surface area contributed by atoms with Crippen LogP contribution >= 0.6 is 0 Å². The molecule has 8 nitrogen and oxygen atoms in total. The van der Waals surface area contributed by atoms with Gasteiger partial charge >= 0.3 is 12.0 Å². The average molecular weight is 600 g/mol. The highest BCUT2D eigenvalue weighted by atomic mass is 16.6. The Hall–Kier alpha value is -4.33. The molecule has 4 rings (SSSR count). The van der Waals surface area contributed by atoms with E-state index in [0.717, 1.165) is 17.5 Å². The SMILES string of the molecule is CC(C)CC(NC(=O)NC1CC1c1ccccc1)C(=O)NC(Cc1ccc(OCc2ccccc2)cc1)C(=O)OC(C)(C)C. The summed E-state index contributed by atoms with van der Waals surface area (Å²) in [5.74, 6) is 0.140. The van der Waals surface area contributed by atoms with Crippen LogP contribution in [0.4, 0.5) is 4.79 Å². The maximum Gasteiger partial charge on any atom is 0.329 e. The fraction of sp³-hybridized carbons (Fsp3) is 0.417. The number of benzene rings is 3. The molecule has 0 aromatic heterocycles. The summed E-state index contributed by atoms with van der Waals surface area (Å²) in [6, 6.07) is 25.3. The van der Waals surface area contributed by atoms with Crippen LogP contribution in [0.1, 0.15) is 70.1 Å². The van der Waals surface area contributed by atoms with E-state index >= 15 is 0 Å². The number of hydrogen-bond acceptors (Lipinski definition) is 5. The summed E-state index contributed by atoms with van der Waals surface area (Å²) in [4.78, 5) is 39.8. The van der Waals surface area contributed by atoms with Crippen LogP contribution in [0.3, 0.4) is 0 Å². The molecule has 4 unspecified atom stereocenters. The summed E-state index contributed by atoms with van der Waals surface area (Å²) >= 11 is 0. The highest BCUT2D eigenvalue weighted by Crippen LogP contribution is 2.40. The number of carbonyl (C=O) groups excluding carboxylic acids is 3. The quantitative estimate of drug-likeness (QED) is 0.212. The highest BCUT2D eigenvalue weighted by Gasteiger charge is 2.40. The molecule has 0 saturated heterocycles. The number of esters is 1. The Balaban J connectivity index is 1.39. The van der Waals surface area contributed by atoms with Gasteiger partial charge in [0.15, 0.2) is 0 Å². The Labute approximate surface area is 260 Å². The van der Waals surface area contributed by atoms with Gasteiger partial charge in [0, 0.05) is 18.4 Å². The molecule has 0 spiro atoms. The van der Waals surface area contributed by atoms with Crippen LogP contribution in [0.2, 0.25) is 0 Å². The summed E-state index contributed by atoms with van der Waals surface area (Å²) < 4.78 is 11.6. The van der Waals surface area contributed by atoms with Crippen LogP contribution in [0.5, 0.6) is 5.75 Å². The molecule has 3 amide bonds. The number of ether oxygens (including phenoxy) is 2. The normalized spacial score (nSPS) is 17.2. The van der Waals surface area contributed by atoms with Crippen LogP contribution in [0, 0.1) is 5.92 Å². The van der Waals surface area contributed by atoms with Gasteiger partial charge in [-0.1, -0.05) is 86.6 Å². The minimum Gasteiger partial charge on any atom is -0.489 e. The van der Waals surface area contributed by atoms with E-state index in [1.165, 1.54) is 5.56 Å². The van der Waals surface area contributed by atoms with Crippen molar-refractivity contribution >= 4 is 17.9 Å². The predicted molar refractivity (Wildman–Crippen MR) is 171 cm³/mol. The van der Waals surface area contributed by atoms with E-state index in [9.17, 15) is 14.4 Å². The molecule has 3 aromatic rings. The van der Waals surface area contributed by atoms with E-state index in [4.69, 9.17) is 9.47 Å². The summed E-state index contributed by atoms with van der Waals surface area (Å²) in [5, 5.41) is 8.73. The number of rotatable bonds is 13. The van der Waals surface area contributed by atoms with Crippen molar-refractivity contribution in [1.29, 1.82) is 0 Å². The summed E-state index contributed by atoms with van der Waals surface area (Å²) in [5.41, 5.74) is 2.35. The van der Waals surface area contributed by atoms with Gasteiger partial charge in [-0.15, -0.1) is 0 Å². The first kappa shape index (κ1) is 32.6. The van der Waals surface area contributed by atoms with Crippen molar-refractivity contribution in [1.82, 2.24) is 16.0 Å². The number of urea groups is 1. The standard InChI is InChI=1S/C36H45N3O5/c1-24(2)20-31(39-35(42)38-30-22-29(30)27-14-10-7-11-15-27)33(40)37-32(34(41)44-36(3,4)5)21-25-16-18-28(19-17-25)43-23-26-12-8-6-9-13-26/h6-19,24,29-32H,20-23H2,1-5H3,(H,37,40)(H2,38,39,42). The molecule has 8 heteroatoms. The van der Waals surface area contributed by atoms with E-state index in [1.807, 2.05) is 86.6 Å². The third kappa shape index (κ3) is 10.4. The van der Waals surface area contributed by atoms with Gasteiger partial charge in [0.25, 0.3) is 0 Å². The molecule has 0 heterocycles.